The summed E-state index contributed by atoms with van der Waals surface area (Å²) >= 11 is 0. The molecule has 0 aromatic carbocycles. The van der Waals surface area contributed by atoms with Crippen molar-refractivity contribution in [2.24, 2.45) is 0 Å². The maximum Gasteiger partial charge on any atom is 2.00 e. The zero-order valence-corrected chi connectivity index (χ0v) is 17.7. The van der Waals surface area contributed by atoms with Crippen LogP contribution in [0.1, 0.15) is 15.7 Å². The van der Waals surface area contributed by atoms with E-state index < -0.39 is 16.1 Å². The van der Waals surface area contributed by atoms with Gasteiger partial charge in [-0.05, 0) is 0 Å². The van der Waals surface area contributed by atoms with Crippen molar-refractivity contribution in [1.82, 2.24) is 0 Å². The Morgan fingerprint density at radius 1 is 0.789 bits per heavy atom. The van der Waals surface area contributed by atoms with E-state index in [-0.39, 0.29) is 29.1 Å². The maximum absolute atomic E-state index is 3.36. The Hall–Kier alpha value is 0.277. The van der Waals surface area contributed by atoms with E-state index in [4.69, 9.17) is 0 Å². The minimum Gasteiger partial charge on any atom is -1.00 e. The van der Waals surface area contributed by atoms with Crippen molar-refractivity contribution in [3.8, 4) is 0 Å². The van der Waals surface area contributed by atoms with Gasteiger partial charge in [-0.2, -0.15) is 12.2 Å². The summed E-state index contributed by atoms with van der Waals surface area (Å²) in [7, 11) is -2.01. The van der Waals surface area contributed by atoms with Gasteiger partial charge in [0.15, 0.2) is 0 Å². The van der Waals surface area contributed by atoms with Gasteiger partial charge in [-0.3, -0.25) is 12.2 Å². The standard InChI is InChI=1S/2C8H13Si.Zr.2H/c2*1-9(2,3)8-6-4-5-7-8;;;/h2*4,6H,5H2,1-3H3;;;/q2*-1;+2;2*-1. The molecule has 0 saturated carbocycles. The van der Waals surface area contributed by atoms with Crippen molar-refractivity contribution in [1.29, 1.82) is 0 Å². The Bertz CT molecular complexity index is 371. The van der Waals surface area contributed by atoms with Crippen LogP contribution in [-0.2, 0) is 26.2 Å². The monoisotopic (exact) mass is 366 g/mol. The number of hydrogen-bond donors (Lipinski definition) is 0. The smallest absolute Gasteiger partial charge is 1.00 e. The van der Waals surface area contributed by atoms with E-state index in [9.17, 15) is 0 Å². The van der Waals surface area contributed by atoms with E-state index in [0.29, 0.717) is 0 Å². The minimum atomic E-state index is -1.01. The molecule has 0 N–H and O–H groups in total. The minimum absolute atomic E-state index is 0. The molecule has 0 aromatic rings. The molecule has 0 nitrogen and oxygen atoms in total. The van der Waals surface area contributed by atoms with Gasteiger partial charge >= 0.3 is 26.2 Å². The fourth-order valence-corrected chi connectivity index (χ4v) is 4.34. The Morgan fingerprint density at radius 3 is 1.21 bits per heavy atom. The van der Waals surface area contributed by atoms with Crippen LogP contribution in [-0.4, -0.2) is 16.1 Å². The van der Waals surface area contributed by atoms with E-state index in [1.807, 2.05) is 0 Å². The van der Waals surface area contributed by atoms with Gasteiger partial charge in [0.2, 0.25) is 0 Å². The van der Waals surface area contributed by atoms with Crippen molar-refractivity contribution < 1.29 is 29.1 Å². The Kier molecular flexibility index (Phi) is 8.02. The van der Waals surface area contributed by atoms with Crippen LogP contribution in [0, 0.1) is 12.2 Å². The quantitative estimate of drug-likeness (QED) is 0.457. The zero-order valence-electron chi connectivity index (χ0n) is 15.2. The summed E-state index contributed by atoms with van der Waals surface area (Å²) in [5.74, 6) is 0. The van der Waals surface area contributed by atoms with E-state index in [0.717, 1.165) is 12.8 Å². The van der Waals surface area contributed by atoms with Gasteiger partial charge in [0, 0.05) is 16.1 Å². The first-order valence-corrected chi connectivity index (χ1v) is 13.8. The van der Waals surface area contributed by atoms with Crippen LogP contribution in [0.3, 0.4) is 0 Å². The van der Waals surface area contributed by atoms with Gasteiger partial charge in [0.05, 0.1) is 0 Å². The fraction of sp³-hybridized carbons (Fsp3) is 0.500. The Balaban J connectivity index is -0.000000270. The van der Waals surface area contributed by atoms with Crippen molar-refractivity contribution in [2.75, 3.05) is 0 Å². The molecule has 2 aliphatic carbocycles. The second-order valence-corrected chi connectivity index (χ2v) is 17.0. The molecule has 0 heterocycles. The van der Waals surface area contributed by atoms with Gasteiger partial charge < -0.3 is 2.85 Å². The normalized spacial score (nSPS) is 17.4. The first-order chi connectivity index (χ1) is 8.21. The third-order valence-electron chi connectivity index (χ3n) is 3.01. The van der Waals surface area contributed by atoms with E-state index in [2.05, 4.69) is 75.7 Å². The van der Waals surface area contributed by atoms with Crippen molar-refractivity contribution in [3.63, 3.8) is 0 Å². The van der Waals surface area contributed by atoms with Gasteiger partial charge in [0.25, 0.3) is 0 Å². The first kappa shape index (κ1) is 19.3. The molecule has 0 aromatic heterocycles. The predicted octanol–water partition coefficient (Wildman–Crippen LogP) is 5.33. The predicted molar refractivity (Wildman–Crippen MR) is 89.9 cm³/mol. The fourth-order valence-electron chi connectivity index (χ4n) is 1.84. The third kappa shape index (κ3) is 7.01. The van der Waals surface area contributed by atoms with Gasteiger partial charge in [-0.25, -0.2) is 22.5 Å². The molecule has 106 valence electrons. The first-order valence-electron chi connectivity index (χ1n) is 6.77. The zero-order chi connectivity index (χ0) is 13.8. The topological polar surface area (TPSA) is 0 Å². The molecule has 0 radical (unpaired) electrons. The summed E-state index contributed by atoms with van der Waals surface area (Å²) in [5, 5.41) is 2.98. The molecule has 0 bridgehead atoms. The van der Waals surface area contributed by atoms with Crippen LogP contribution < -0.4 is 0 Å². The molecule has 2 rings (SSSR count). The van der Waals surface area contributed by atoms with E-state index in [1.54, 1.807) is 0 Å². The van der Waals surface area contributed by atoms with Gasteiger partial charge in [0.1, 0.15) is 0 Å². The molecule has 0 unspecified atom stereocenters. The van der Waals surface area contributed by atoms with Crippen LogP contribution in [0.5, 0.6) is 0 Å². The summed E-state index contributed by atoms with van der Waals surface area (Å²) < 4.78 is 0. The molecule has 0 spiro atoms. The molecule has 3 heteroatoms. The average Bonchev–Trinajstić information content (AvgIpc) is 2.91. The molecule has 2 aliphatic rings. The third-order valence-corrected chi connectivity index (χ3v) is 6.92. The van der Waals surface area contributed by atoms with E-state index >= 15 is 0 Å². The van der Waals surface area contributed by atoms with Crippen LogP contribution in [0.15, 0.2) is 34.7 Å². The second kappa shape index (κ2) is 7.90. The maximum atomic E-state index is 3.36. The molecular formula is C16H28Si2Zr-2. The van der Waals surface area contributed by atoms with Crippen molar-refractivity contribution >= 4 is 16.1 Å². The molecule has 0 atom stereocenters. The summed E-state index contributed by atoms with van der Waals surface area (Å²) in [5.41, 5.74) is 0. The summed E-state index contributed by atoms with van der Waals surface area (Å²) in [6.45, 7) is 14.1. The van der Waals surface area contributed by atoms with E-state index in [1.165, 1.54) is 10.4 Å². The van der Waals surface area contributed by atoms with Crippen LogP contribution in [0.2, 0.25) is 39.3 Å². The second-order valence-electron chi connectivity index (χ2n) is 6.89. The number of rotatable bonds is 2. The van der Waals surface area contributed by atoms with Gasteiger partial charge in [-0.15, -0.1) is 12.8 Å². The van der Waals surface area contributed by atoms with Crippen molar-refractivity contribution in [3.05, 3.63) is 46.8 Å². The van der Waals surface area contributed by atoms with Gasteiger partial charge in [-0.1, -0.05) is 39.3 Å². The SMILES string of the molecule is C[Si](C)(C)C1=[C-]CC=C1.C[Si](C)(C)C1=[C-]CC=C1.[H-].[H-].[Zr+2]. The largest absolute Gasteiger partial charge is 2.00 e. The molecule has 0 fully saturated rings. The van der Waals surface area contributed by atoms with Crippen LogP contribution >= 0.6 is 0 Å². The molecule has 0 aliphatic heterocycles. The number of allylic oxidation sites excluding steroid dienone is 8. The molecule has 0 saturated heterocycles. The Labute approximate surface area is 143 Å². The average molecular weight is 368 g/mol. The Morgan fingerprint density at radius 2 is 1.11 bits per heavy atom. The number of hydrogen-bond acceptors (Lipinski definition) is 0. The van der Waals surface area contributed by atoms with Crippen molar-refractivity contribution in [2.45, 2.75) is 52.1 Å². The summed E-state index contributed by atoms with van der Waals surface area (Å²) in [4.78, 5) is 0. The summed E-state index contributed by atoms with van der Waals surface area (Å²) in [6.07, 6.45) is 17.6. The van der Waals surface area contributed by atoms with Crippen LogP contribution in [0.25, 0.3) is 0 Å². The molecule has 0 amide bonds. The summed E-state index contributed by atoms with van der Waals surface area (Å²) in [6, 6.07) is 0. The molecule has 19 heavy (non-hydrogen) atoms. The van der Waals surface area contributed by atoms with Crippen LogP contribution in [0.4, 0.5) is 0 Å². The molecular weight excluding hydrogens is 340 g/mol.